The van der Waals surface area contributed by atoms with Crippen molar-refractivity contribution in [2.45, 2.75) is 12.8 Å². The van der Waals surface area contributed by atoms with Crippen LogP contribution in [0.2, 0.25) is 20.1 Å². The Morgan fingerprint density at radius 1 is 0.690 bits per heavy atom. The summed E-state index contributed by atoms with van der Waals surface area (Å²) in [6, 6.07) is 10.00. The summed E-state index contributed by atoms with van der Waals surface area (Å²) in [5.74, 6) is 1.07. The van der Waals surface area contributed by atoms with Gasteiger partial charge in [0, 0.05) is 22.9 Å². The monoisotopic (exact) mass is 514 g/mol. The van der Waals surface area contributed by atoms with Crippen molar-refractivity contribution in [3.8, 4) is 11.5 Å². The third-order valence-electron chi connectivity index (χ3n) is 3.38. The molecule has 0 unspecified atom stereocenters. The molecule has 0 aliphatic rings. The van der Waals surface area contributed by atoms with Gasteiger partial charge >= 0.3 is 0 Å². The fraction of sp³-hybridized carbons (Fsp3) is 0.200. The molecule has 2 aromatic rings. The largest absolute Gasteiger partial charge is 0.492 e. The Morgan fingerprint density at radius 2 is 1.10 bits per heavy atom. The first-order chi connectivity index (χ1) is 13.8. The summed E-state index contributed by atoms with van der Waals surface area (Å²) in [7, 11) is 0. The minimum absolute atomic E-state index is 0.327. The van der Waals surface area contributed by atoms with E-state index in [0.717, 1.165) is 0 Å². The molecule has 0 spiro atoms. The van der Waals surface area contributed by atoms with Crippen molar-refractivity contribution in [1.82, 2.24) is 0 Å². The Bertz CT molecular complexity index is 811. The molecular weight excluding hydrogens is 501 g/mol. The van der Waals surface area contributed by atoms with E-state index in [-0.39, 0.29) is 0 Å². The van der Waals surface area contributed by atoms with Crippen molar-refractivity contribution < 1.29 is 14.2 Å². The van der Waals surface area contributed by atoms with Crippen LogP contribution in [0, 0.1) is 0 Å². The highest BCUT2D eigenvalue weighted by molar-refractivity contribution is 6.36. The predicted molar refractivity (Wildman–Crippen MR) is 122 cm³/mol. The normalized spacial score (nSPS) is 12.1. The van der Waals surface area contributed by atoms with E-state index in [2.05, 4.69) is 0 Å². The lowest BCUT2D eigenvalue weighted by molar-refractivity contribution is 0.317. The van der Waals surface area contributed by atoms with Crippen LogP contribution in [0.15, 0.2) is 59.0 Å². The number of hydrogen-bond acceptors (Lipinski definition) is 3. The Kier molecular flexibility index (Phi) is 10.6. The Labute approximate surface area is 199 Å². The van der Waals surface area contributed by atoms with Gasteiger partial charge in [-0.05, 0) is 36.4 Å². The quantitative estimate of drug-likeness (QED) is 0.295. The highest BCUT2D eigenvalue weighted by Gasteiger charge is 2.04. The third kappa shape index (κ3) is 9.17. The second-order valence-electron chi connectivity index (χ2n) is 5.61. The van der Waals surface area contributed by atoms with Crippen molar-refractivity contribution in [2.24, 2.45) is 0 Å². The van der Waals surface area contributed by atoms with E-state index in [4.69, 9.17) is 83.8 Å². The van der Waals surface area contributed by atoms with Gasteiger partial charge in [0.25, 0.3) is 0 Å². The molecule has 156 valence electrons. The SMILES string of the molecule is ClC(=COC=C(Cl)CCOc1ccc(Cl)cc1Cl)CCOc1ccc(Cl)cc1Cl. The summed E-state index contributed by atoms with van der Waals surface area (Å²) in [6.07, 6.45) is 3.63. The van der Waals surface area contributed by atoms with Gasteiger partial charge in [0.2, 0.25) is 0 Å². The molecule has 0 saturated heterocycles. The van der Waals surface area contributed by atoms with Crippen molar-refractivity contribution >= 4 is 69.6 Å². The van der Waals surface area contributed by atoms with Gasteiger partial charge in [0.05, 0.1) is 33.3 Å². The summed E-state index contributed by atoms with van der Waals surface area (Å²) >= 11 is 35.9. The Hall–Kier alpha value is -0.940. The second kappa shape index (κ2) is 12.7. The van der Waals surface area contributed by atoms with Crippen LogP contribution in [-0.4, -0.2) is 13.2 Å². The topological polar surface area (TPSA) is 27.7 Å². The van der Waals surface area contributed by atoms with Crippen LogP contribution >= 0.6 is 69.6 Å². The molecule has 0 amide bonds. The van der Waals surface area contributed by atoms with Crippen LogP contribution in [0.1, 0.15) is 12.8 Å². The maximum atomic E-state index is 6.09. The first-order valence-electron chi connectivity index (χ1n) is 8.35. The smallest absolute Gasteiger partial charge is 0.137 e. The van der Waals surface area contributed by atoms with E-state index in [1.807, 2.05) is 0 Å². The van der Waals surface area contributed by atoms with E-state index < -0.39 is 0 Å². The molecule has 2 aromatic carbocycles. The molecule has 0 aromatic heterocycles. The van der Waals surface area contributed by atoms with Crippen molar-refractivity contribution in [2.75, 3.05) is 13.2 Å². The summed E-state index contributed by atoms with van der Waals surface area (Å²) in [6.45, 7) is 0.653. The van der Waals surface area contributed by atoms with Gasteiger partial charge < -0.3 is 14.2 Å². The molecule has 29 heavy (non-hydrogen) atoms. The summed E-state index contributed by atoms with van der Waals surface area (Å²) < 4.78 is 16.4. The minimum Gasteiger partial charge on any atom is -0.492 e. The van der Waals surface area contributed by atoms with Gasteiger partial charge in [-0.15, -0.1) is 0 Å². The lowest BCUT2D eigenvalue weighted by Crippen LogP contribution is -1.98. The van der Waals surface area contributed by atoms with E-state index >= 15 is 0 Å². The van der Waals surface area contributed by atoms with Gasteiger partial charge in [0.1, 0.15) is 24.0 Å². The lowest BCUT2D eigenvalue weighted by Gasteiger charge is -2.08. The molecule has 0 heterocycles. The second-order valence-corrected chi connectivity index (χ2v) is 8.27. The number of halogens is 6. The molecular formula is C20H16Cl6O3. The van der Waals surface area contributed by atoms with Gasteiger partial charge in [-0.3, -0.25) is 0 Å². The maximum absolute atomic E-state index is 6.09. The molecule has 0 saturated carbocycles. The Balaban J connectivity index is 1.69. The molecule has 0 aliphatic heterocycles. The fourth-order valence-corrected chi connectivity index (χ4v) is 3.18. The van der Waals surface area contributed by atoms with Crippen LogP contribution in [0.25, 0.3) is 0 Å². The first kappa shape index (κ1) is 24.3. The van der Waals surface area contributed by atoms with E-state index in [1.54, 1.807) is 36.4 Å². The first-order valence-corrected chi connectivity index (χ1v) is 10.6. The number of benzene rings is 2. The maximum Gasteiger partial charge on any atom is 0.137 e. The molecule has 0 N–H and O–H groups in total. The predicted octanol–water partition coefficient (Wildman–Crippen LogP) is 8.72. The van der Waals surface area contributed by atoms with E-state index in [1.165, 1.54) is 12.5 Å². The van der Waals surface area contributed by atoms with E-state index in [9.17, 15) is 0 Å². The molecule has 9 heteroatoms. The molecule has 3 nitrogen and oxygen atoms in total. The third-order valence-corrected chi connectivity index (χ3v) is 4.99. The molecule has 0 fully saturated rings. The van der Waals surface area contributed by atoms with Gasteiger partial charge in [-0.2, -0.15) is 0 Å². The zero-order valence-corrected chi connectivity index (χ0v) is 19.5. The van der Waals surface area contributed by atoms with Crippen LogP contribution in [0.5, 0.6) is 11.5 Å². The Morgan fingerprint density at radius 3 is 1.48 bits per heavy atom. The van der Waals surface area contributed by atoms with Crippen LogP contribution in [0.4, 0.5) is 0 Å². The van der Waals surface area contributed by atoms with Crippen LogP contribution in [0.3, 0.4) is 0 Å². The zero-order chi connectivity index (χ0) is 21.2. The lowest BCUT2D eigenvalue weighted by atomic mass is 10.3. The average Bonchev–Trinajstić information content (AvgIpc) is 2.65. The molecule has 0 bridgehead atoms. The zero-order valence-electron chi connectivity index (χ0n) is 14.9. The molecule has 0 radical (unpaired) electrons. The highest BCUT2D eigenvalue weighted by atomic mass is 35.5. The summed E-state index contributed by atoms with van der Waals surface area (Å²) in [5, 5.41) is 2.87. The highest BCUT2D eigenvalue weighted by Crippen LogP contribution is 2.29. The fourth-order valence-electron chi connectivity index (χ4n) is 2.00. The van der Waals surface area contributed by atoms with Crippen LogP contribution in [-0.2, 0) is 4.74 Å². The minimum atomic E-state index is 0.327. The van der Waals surface area contributed by atoms with Crippen molar-refractivity contribution in [1.29, 1.82) is 0 Å². The molecule has 2 rings (SSSR count). The molecule has 0 aliphatic carbocycles. The summed E-state index contributed by atoms with van der Waals surface area (Å²) in [4.78, 5) is 0. The van der Waals surface area contributed by atoms with Gasteiger partial charge in [0.15, 0.2) is 0 Å². The average molecular weight is 517 g/mol. The van der Waals surface area contributed by atoms with Gasteiger partial charge in [-0.1, -0.05) is 69.6 Å². The number of hydrogen-bond donors (Lipinski definition) is 0. The summed E-state index contributed by atoms with van der Waals surface area (Å²) in [5.41, 5.74) is 0. The van der Waals surface area contributed by atoms with E-state index in [0.29, 0.717) is 67.7 Å². The number of rotatable bonds is 10. The van der Waals surface area contributed by atoms with Gasteiger partial charge in [-0.25, -0.2) is 0 Å². The standard InChI is InChI=1S/C20H16Cl6O3/c21-13-1-3-19(17(25)9-13)28-7-5-15(23)11-27-12-16(24)6-8-29-20-4-2-14(22)10-18(20)26/h1-4,9-12H,5-8H2. The van der Waals surface area contributed by atoms with Crippen molar-refractivity contribution in [3.63, 3.8) is 0 Å². The number of ether oxygens (including phenoxy) is 3. The van der Waals surface area contributed by atoms with Crippen LogP contribution < -0.4 is 9.47 Å². The van der Waals surface area contributed by atoms with Crippen molar-refractivity contribution in [3.05, 3.63) is 79.1 Å². The molecule has 0 atom stereocenters.